The van der Waals surface area contributed by atoms with Gasteiger partial charge in [0, 0.05) is 19.7 Å². The number of benzene rings is 1. The lowest BCUT2D eigenvalue weighted by Crippen LogP contribution is -2.44. The van der Waals surface area contributed by atoms with Crippen molar-refractivity contribution >= 4 is 5.91 Å². The standard InChI is InChI=1S/C18H27NO3/c1-3-18(14-20)8-10-19(11-9-18)17(21)13-15-6-5-7-16(12-15)22-4-2/h5-7,12,20H,3-4,8-11,13-14H2,1-2H3. The maximum Gasteiger partial charge on any atom is 0.226 e. The van der Waals surface area contributed by atoms with Crippen LogP contribution < -0.4 is 4.74 Å². The smallest absolute Gasteiger partial charge is 0.226 e. The van der Waals surface area contributed by atoms with Crippen molar-refractivity contribution in [2.24, 2.45) is 5.41 Å². The molecule has 0 unspecified atom stereocenters. The van der Waals surface area contributed by atoms with Crippen molar-refractivity contribution < 1.29 is 14.6 Å². The molecule has 0 spiro atoms. The summed E-state index contributed by atoms with van der Waals surface area (Å²) in [4.78, 5) is 14.4. The Morgan fingerprint density at radius 3 is 2.64 bits per heavy atom. The van der Waals surface area contributed by atoms with Gasteiger partial charge in [0.2, 0.25) is 5.91 Å². The molecule has 122 valence electrons. The van der Waals surface area contributed by atoms with Crippen molar-refractivity contribution in [1.29, 1.82) is 0 Å². The third-order valence-electron chi connectivity index (χ3n) is 4.83. The van der Waals surface area contributed by atoms with Crippen LogP contribution in [0.1, 0.15) is 38.7 Å². The Kier molecular flexibility index (Phi) is 5.83. The molecule has 1 saturated heterocycles. The number of nitrogens with zero attached hydrogens (tertiary/aromatic N) is 1. The molecule has 1 amide bonds. The third kappa shape index (κ3) is 4.01. The van der Waals surface area contributed by atoms with Crippen molar-refractivity contribution in [3.63, 3.8) is 0 Å². The molecular formula is C18H27NO3. The van der Waals surface area contributed by atoms with Gasteiger partial charge in [0.05, 0.1) is 13.0 Å². The minimum Gasteiger partial charge on any atom is -0.494 e. The number of aliphatic hydroxyl groups is 1. The van der Waals surface area contributed by atoms with E-state index in [0.29, 0.717) is 13.0 Å². The summed E-state index contributed by atoms with van der Waals surface area (Å²) in [7, 11) is 0. The van der Waals surface area contributed by atoms with Gasteiger partial charge in [0.25, 0.3) is 0 Å². The van der Waals surface area contributed by atoms with Gasteiger partial charge in [-0.05, 0) is 49.3 Å². The van der Waals surface area contributed by atoms with Crippen LogP contribution in [-0.2, 0) is 11.2 Å². The number of hydrogen-bond acceptors (Lipinski definition) is 3. The van der Waals surface area contributed by atoms with Gasteiger partial charge in [-0.1, -0.05) is 19.1 Å². The molecular weight excluding hydrogens is 278 g/mol. The molecule has 1 N–H and O–H groups in total. The summed E-state index contributed by atoms with van der Waals surface area (Å²) in [5.74, 6) is 0.980. The highest BCUT2D eigenvalue weighted by Gasteiger charge is 2.33. The molecule has 4 nitrogen and oxygen atoms in total. The Balaban J connectivity index is 1.92. The van der Waals surface area contributed by atoms with E-state index in [0.717, 1.165) is 43.7 Å². The van der Waals surface area contributed by atoms with Gasteiger partial charge in [0.1, 0.15) is 5.75 Å². The number of carbonyl (C=O) groups is 1. The van der Waals surface area contributed by atoms with E-state index in [2.05, 4.69) is 6.92 Å². The van der Waals surface area contributed by atoms with Crippen LogP contribution in [0, 0.1) is 5.41 Å². The molecule has 0 atom stereocenters. The zero-order valence-electron chi connectivity index (χ0n) is 13.7. The van der Waals surface area contributed by atoms with Gasteiger partial charge in [-0.3, -0.25) is 4.79 Å². The first-order valence-electron chi connectivity index (χ1n) is 8.23. The third-order valence-corrected chi connectivity index (χ3v) is 4.83. The molecule has 1 aliphatic rings. The summed E-state index contributed by atoms with van der Waals surface area (Å²) >= 11 is 0. The van der Waals surface area contributed by atoms with Crippen LogP contribution in [-0.4, -0.2) is 42.2 Å². The number of hydrogen-bond donors (Lipinski definition) is 1. The van der Waals surface area contributed by atoms with Crippen LogP contribution in [0.4, 0.5) is 0 Å². The topological polar surface area (TPSA) is 49.8 Å². The fraction of sp³-hybridized carbons (Fsp3) is 0.611. The lowest BCUT2D eigenvalue weighted by atomic mass is 9.77. The normalized spacial score (nSPS) is 17.3. The highest BCUT2D eigenvalue weighted by atomic mass is 16.5. The van der Waals surface area contributed by atoms with E-state index in [1.54, 1.807) is 0 Å². The molecule has 1 fully saturated rings. The Bertz CT molecular complexity index is 487. The Hall–Kier alpha value is -1.55. The molecule has 1 aromatic carbocycles. The molecule has 1 aliphatic heterocycles. The molecule has 0 bridgehead atoms. The van der Waals surface area contributed by atoms with E-state index in [4.69, 9.17) is 4.74 Å². The molecule has 22 heavy (non-hydrogen) atoms. The second kappa shape index (κ2) is 7.63. The van der Waals surface area contributed by atoms with E-state index in [-0.39, 0.29) is 17.9 Å². The Morgan fingerprint density at radius 2 is 2.05 bits per heavy atom. The van der Waals surface area contributed by atoms with E-state index in [1.807, 2.05) is 36.1 Å². The molecule has 0 radical (unpaired) electrons. The van der Waals surface area contributed by atoms with Crippen LogP contribution in [0.25, 0.3) is 0 Å². The molecule has 1 heterocycles. The van der Waals surface area contributed by atoms with E-state index >= 15 is 0 Å². The number of piperidine rings is 1. The number of likely N-dealkylation sites (tertiary alicyclic amines) is 1. The van der Waals surface area contributed by atoms with Crippen molar-refractivity contribution in [2.75, 3.05) is 26.3 Å². The molecule has 2 rings (SSSR count). The van der Waals surface area contributed by atoms with E-state index < -0.39 is 0 Å². The SMILES string of the molecule is CCOc1cccc(CC(=O)N2CCC(CC)(CO)CC2)c1. The van der Waals surface area contributed by atoms with Crippen molar-refractivity contribution in [3.05, 3.63) is 29.8 Å². The average Bonchev–Trinajstić information content (AvgIpc) is 2.55. The van der Waals surface area contributed by atoms with Gasteiger partial charge in [-0.15, -0.1) is 0 Å². The van der Waals surface area contributed by atoms with Crippen LogP contribution in [0.5, 0.6) is 5.75 Å². The Labute approximate surface area is 133 Å². The van der Waals surface area contributed by atoms with Crippen molar-refractivity contribution in [3.8, 4) is 5.75 Å². The first-order valence-corrected chi connectivity index (χ1v) is 8.23. The minimum absolute atomic E-state index is 0.0195. The van der Waals surface area contributed by atoms with Gasteiger partial charge in [0.15, 0.2) is 0 Å². The molecule has 0 saturated carbocycles. The zero-order chi connectivity index (χ0) is 16.0. The maximum absolute atomic E-state index is 12.4. The predicted molar refractivity (Wildman–Crippen MR) is 86.9 cm³/mol. The average molecular weight is 305 g/mol. The number of amides is 1. The van der Waals surface area contributed by atoms with Crippen molar-refractivity contribution in [1.82, 2.24) is 4.90 Å². The highest BCUT2D eigenvalue weighted by Crippen LogP contribution is 2.34. The highest BCUT2D eigenvalue weighted by molar-refractivity contribution is 5.79. The second-order valence-corrected chi connectivity index (χ2v) is 6.15. The van der Waals surface area contributed by atoms with Crippen LogP contribution in [0.15, 0.2) is 24.3 Å². The number of aliphatic hydroxyl groups excluding tert-OH is 1. The molecule has 1 aromatic rings. The summed E-state index contributed by atoms with van der Waals surface area (Å²) in [6, 6.07) is 7.75. The van der Waals surface area contributed by atoms with Gasteiger partial charge in [-0.25, -0.2) is 0 Å². The maximum atomic E-state index is 12.4. The number of rotatable bonds is 6. The van der Waals surface area contributed by atoms with Gasteiger partial charge >= 0.3 is 0 Å². The fourth-order valence-electron chi connectivity index (χ4n) is 3.05. The lowest BCUT2D eigenvalue weighted by molar-refractivity contribution is -0.133. The molecule has 0 aliphatic carbocycles. The first kappa shape index (κ1) is 16.8. The lowest BCUT2D eigenvalue weighted by Gasteiger charge is -2.40. The van der Waals surface area contributed by atoms with Gasteiger partial charge < -0.3 is 14.7 Å². The largest absolute Gasteiger partial charge is 0.494 e. The molecule has 0 aromatic heterocycles. The summed E-state index contributed by atoms with van der Waals surface area (Å²) < 4.78 is 5.48. The van der Waals surface area contributed by atoms with Crippen LogP contribution >= 0.6 is 0 Å². The molecule has 4 heteroatoms. The second-order valence-electron chi connectivity index (χ2n) is 6.15. The first-order chi connectivity index (χ1) is 10.6. The summed E-state index contributed by atoms with van der Waals surface area (Å²) in [6.45, 7) is 6.42. The zero-order valence-corrected chi connectivity index (χ0v) is 13.7. The monoisotopic (exact) mass is 305 g/mol. The minimum atomic E-state index is 0.0195. The summed E-state index contributed by atoms with van der Waals surface area (Å²) in [6.07, 6.45) is 3.18. The van der Waals surface area contributed by atoms with Crippen molar-refractivity contribution in [2.45, 2.75) is 39.5 Å². The van der Waals surface area contributed by atoms with Crippen LogP contribution in [0.3, 0.4) is 0 Å². The predicted octanol–water partition coefficient (Wildman–Crippen LogP) is 2.64. The Morgan fingerprint density at radius 1 is 1.32 bits per heavy atom. The van der Waals surface area contributed by atoms with E-state index in [9.17, 15) is 9.90 Å². The number of ether oxygens (including phenoxy) is 1. The van der Waals surface area contributed by atoms with Crippen LogP contribution in [0.2, 0.25) is 0 Å². The quantitative estimate of drug-likeness (QED) is 0.879. The summed E-state index contributed by atoms with van der Waals surface area (Å²) in [5.41, 5.74) is 1.01. The number of carbonyl (C=O) groups excluding carboxylic acids is 1. The summed E-state index contributed by atoms with van der Waals surface area (Å²) in [5, 5.41) is 9.57. The fourth-order valence-corrected chi connectivity index (χ4v) is 3.05. The van der Waals surface area contributed by atoms with E-state index in [1.165, 1.54) is 0 Å². The van der Waals surface area contributed by atoms with Gasteiger partial charge in [-0.2, -0.15) is 0 Å².